The van der Waals surface area contributed by atoms with Crippen LogP contribution in [0.25, 0.3) is 11.3 Å². The second-order valence-corrected chi connectivity index (χ2v) is 3.59. The average Bonchev–Trinajstić information content (AvgIpc) is 2.66. The lowest BCUT2D eigenvalue weighted by Crippen LogP contribution is -2.04. The number of nitrogens with zero attached hydrogens (tertiary/aromatic N) is 2. The number of hydrogen-bond acceptors (Lipinski definition) is 2. The minimum absolute atomic E-state index is 0.675. The summed E-state index contributed by atoms with van der Waals surface area (Å²) in [5.41, 5.74) is 9.24. The van der Waals surface area contributed by atoms with Crippen molar-refractivity contribution in [2.45, 2.75) is 6.42 Å². The minimum atomic E-state index is 0.675. The van der Waals surface area contributed by atoms with Crippen LogP contribution in [0.4, 0.5) is 0 Å². The average molecular weight is 201 g/mol. The van der Waals surface area contributed by atoms with Gasteiger partial charge < -0.3 is 10.3 Å². The summed E-state index contributed by atoms with van der Waals surface area (Å²) in [4.78, 5) is 4.13. The molecule has 1 aromatic heterocycles. The van der Waals surface area contributed by atoms with Gasteiger partial charge in [-0.15, -0.1) is 0 Å². The maximum atomic E-state index is 5.60. The van der Waals surface area contributed by atoms with Gasteiger partial charge in [-0.2, -0.15) is 0 Å². The number of hydrogen-bond donors (Lipinski definition) is 1. The molecule has 0 bridgehead atoms. The van der Waals surface area contributed by atoms with Gasteiger partial charge in [-0.1, -0.05) is 24.3 Å². The Morgan fingerprint density at radius 2 is 2.13 bits per heavy atom. The molecular weight excluding hydrogens is 186 g/mol. The highest BCUT2D eigenvalue weighted by atomic mass is 15.0. The van der Waals surface area contributed by atoms with E-state index in [1.165, 1.54) is 11.1 Å². The first-order chi connectivity index (χ1) is 7.33. The van der Waals surface area contributed by atoms with E-state index in [1.807, 2.05) is 36.3 Å². The summed E-state index contributed by atoms with van der Waals surface area (Å²) in [7, 11) is 2.00. The van der Waals surface area contributed by atoms with Crippen LogP contribution in [-0.2, 0) is 13.5 Å². The molecule has 3 heteroatoms. The Morgan fingerprint density at radius 3 is 2.80 bits per heavy atom. The first-order valence-electron chi connectivity index (χ1n) is 5.07. The van der Waals surface area contributed by atoms with Crippen molar-refractivity contribution < 1.29 is 0 Å². The fraction of sp³-hybridized carbons (Fsp3) is 0.250. The van der Waals surface area contributed by atoms with E-state index < -0.39 is 0 Å². The molecule has 0 aliphatic carbocycles. The van der Waals surface area contributed by atoms with Gasteiger partial charge in [0.05, 0.1) is 18.2 Å². The second kappa shape index (κ2) is 4.28. The summed E-state index contributed by atoms with van der Waals surface area (Å²) in [6.45, 7) is 0.675. The third kappa shape index (κ3) is 1.92. The van der Waals surface area contributed by atoms with Crippen molar-refractivity contribution in [3.8, 4) is 11.3 Å². The molecular formula is C12H15N3. The molecule has 15 heavy (non-hydrogen) atoms. The van der Waals surface area contributed by atoms with Crippen molar-refractivity contribution in [1.29, 1.82) is 0 Å². The summed E-state index contributed by atoms with van der Waals surface area (Å²) in [5, 5.41) is 0. The van der Waals surface area contributed by atoms with Crippen LogP contribution < -0.4 is 5.73 Å². The zero-order valence-corrected chi connectivity index (χ0v) is 8.85. The molecule has 2 rings (SSSR count). The van der Waals surface area contributed by atoms with E-state index in [0.717, 1.165) is 12.1 Å². The Hall–Kier alpha value is -1.61. The second-order valence-electron chi connectivity index (χ2n) is 3.59. The van der Waals surface area contributed by atoms with Crippen LogP contribution in [-0.4, -0.2) is 16.1 Å². The maximum Gasteiger partial charge on any atom is 0.0948 e. The molecule has 1 aromatic carbocycles. The number of benzene rings is 1. The van der Waals surface area contributed by atoms with Crippen LogP contribution in [0.3, 0.4) is 0 Å². The Kier molecular flexibility index (Phi) is 2.83. The lowest BCUT2D eigenvalue weighted by Gasteiger charge is -2.08. The van der Waals surface area contributed by atoms with Crippen LogP contribution in [0.5, 0.6) is 0 Å². The highest BCUT2D eigenvalue weighted by Crippen LogP contribution is 2.22. The highest BCUT2D eigenvalue weighted by Gasteiger charge is 2.06. The highest BCUT2D eigenvalue weighted by molar-refractivity contribution is 5.63. The Morgan fingerprint density at radius 1 is 1.33 bits per heavy atom. The first kappa shape index (κ1) is 9.93. The quantitative estimate of drug-likeness (QED) is 0.819. The standard InChI is InChI=1S/C12H15N3/c1-15-9-14-8-12(15)11-5-3-2-4-10(11)6-7-13/h2-5,8-9H,6-7,13H2,1H3. The van der Waals surface area contributed by atoms with Gasteiger partial charge in [-0.25, -0.2) is 4.98 Å². The summed E-state index contributed by atoms with van der Waals surface area (Å²) in [6.07, 6.45) is 4.60. The Balaban J connectivity index is 2.48. The molecule has 0 saturated carbocycles. The lowest BCUT2D eigenvalue weighted by molar-refractivity contribution is 0.913. The predicted octanol–water partition coefficient (Wildman–Crippen LogP) is 1.59. The van der Waals surface area contributed by atoms with Crippen molar-refractivity contribution >= 4 is 0 Å². The van der Waals surface area contributed by atoms with Gasteiger partial charge in [0.25, 0.3) is 0 Å². The van der Waals surface area contributed by atoms with Crippen LogP contribution >= 0.6 is 0 Å². The van der Waals surface area contributed by atoms with E-state index in [1.54, 1.807) is 0 Å². The Labute approximate surface area is 89.6 Å². The van der Waals surface area contributed by atoms with Gasteiger partial charge in [0.15, 0.2) is 0 Å². The molecule has 0 radical (unpaired) electrons. The van der Waals surface area contributed by atoms with E-state index in [9.17, 15) is 0 Å². The molecule has 0 atom stereocenters. The molecule has 0 unspecified atom stereocenters. The number of imidazole rings is 1. The van der Waals surface area contributed by atoms with Crippen molar-refractivity contribution in [3.05, 3.63) is 42.4 Å². The van der Waals surface area contributed by atoms with Crippen molar-refractivity contribution in [2.75, 3.05) is 6.54 Å². The molecule has 0 aliphatic rings. The summed E-state index contributed by atoms with van der Waals surface area (Å²) < 4.78 is 2.02. The van der Waals surface area contributed by atoms with Crippen molar-refractivity contribution in [3.63, 3.8) is 0 Å². The molecule has 2 N–H and O–H groups in total. The fourth-order valence-electron chi connectivity index (χ4n) is 1.76. The van der Waals surface area contributed by atoms with Gasteiger partial charge >= 0.3 is 0 Å². The number of aryl methyl sites for hydroxylation is 1. The van der Waals surface area contributed by atoms with E-state index in [-0.39, 0.29) is 0 Å². The largest absolute Gasteiger partial charge is 0.334 e. The molecule has 0 aliphatic heterocycles. The number of rotatable bonds is 3. The van der Waals surface area contributed by atoms with Crippen LogP contribution in [0.1, 0.15) is 5.56 Å². The maximum absolute atomic E-state index is 5.60. The summed E-state index contributed by atoms with van der Waals surface area (Å²) in [5.74, 6) is 0. The minimum Gasteiger partial charge on any atom is -0.334 e. The molecule has 1 heterocycles. The molecule has 2 aromatic rings. The van der Waals surface area contributed by atoms with Gasteiger partial charge in [0, 0.05) is 12.6 Å². The van der Waals surface area contributed by atoms with E-state index in [2.05, 4.69) is 17.1 Å². The lowest BCUT2D eigenvalue weighted by atomic mass is 10.0. The van der Waals surface area contributed by atoms with Crippen LogP contribution in [0.15, 0.2) is 36.8 Å². The first-order valence-corrected chi connectivity index (χ1v) is 5.07. The third-order valence-corrected chi connectivity index (χ3v) is 2.52. The summed E-state index contributed by atoms with van der Waals surface area (Å²) >= 11 is 0. The number of nitrogens with two attached hydrogens (primary N) is 1. The normalized spacial score (nSPS) is 10.5. The SMILES string of the molecule is Cn1cncc1-c1ccccc1CCN. The predicted molar refractivity (Wildman–Crippen MR) is 61.4 cm³/mol. The topological polar surface area (TPSA) is 43.8 Å². The molecule has 0 spiro atoms. The summed E-state index contributed by atoms with van der Waals surface area (Å²) in [6, 6.07) is 8.32. The molecule has 0 fully saturated rings. The van der Waals surface area contributed by atoms with Crippen LogP contribution in [0, 0.1) is 0 Å². The van der Waals surface area contributed by atoms with Gasteiger partial charge in [-0.3, -0.25) is 0 Å². The smallest absolute Gasteiger partial charge is 0.0948 e. The van der Waals surface area contributed by atoms with Gasteiger partial charge in [-0.05, 0) is 18.5 Å². The number of aromatic nitrogens is 2. The Bertz CT molecular complexity index is 446. The van der Waals surface area contributed by atoms with Gasteiger partial charge in [0.1, 0.15) is 0 Å². The molecule has 0 saturated heterocycles. The van der Waals surface area contributed by atoms with E-state index in [4.69, 9.17) is 5.73 Å². The molecule has 0 amide bonds. The zero-order chi connectivity index (χ0) is 10.7. The monoisotopic (exact) mass is 201 g/mol. The van der Waals surface area contributed by atoms with Gasteiger partial charge in [0.2, 0.25) is 0 Å². The molecule has 3 nitrogen and oxygen atoms in total. The van der Waals surface area contributed by atoms with Crippen LogP contribution in [0.2, 0.25) is 0 Å². The zero-order valence-electron chi connectivity index (χ0n) is 8.85. The third-order valence-electron chi connectivity index (χ3n) is 2.52. The van der Waals surface area contributed by atoms with Crippen molar-refractivity contribution in [2.24, 2.45) is 12.8 Å². The van der Waals surface area contributed by atoms with E-state index in [0.29, 0.717) is 6.54 Å². The fourth-order valence-corrected chi connectivity index (χ4v) is 1.76. The van der Waals surface area contributed by atoms with E-state index >= 15 is 0 Å². The molecule has 78 valence electrons. The van der Waals surface area contributed by atoms with Crippen molar-refractivity contribution in [1.82, 2.24) is 9.55 Å².